The van der Waals surface area contributed by atoms with Crippen LogP contribution >= 0.6 is 38.9 Å². The summed E-state index contributed by atoms with van der Waals surface area (Å²) in [7, 11) is 0. The maximum Gasteiger partial charge on any atom is 0.0668 e. The topological polar surface area (TPSA) is 23.8 Å². The fourth-order valence-corrected chi connectivity index (χ4v) is 2.40. The van der Waals surface area contributed by atoms with Gasteiger partial charge in [-0.25, -0.2) is 0 Å². The van der Waals surface area contributed by atoms with Crippen molar-refractivity contribution in [3.05, 3.63) is 21.3 Å². The molecule has 1 nitrogen and oxygen atoms in total. The Balaban J connectivity index is 2.64. The molecule has 1 aromatic rings. The zero-order valence-corrected chi connectivity index (χ0v) is 9.42. The van der Waals surface area contributed by atoms with Gasteiger partial charge in [-0.2, -0.15) is 5.26 Å². The molecule has 0 aliphatic carbocycles. The molecule has 0 spiro atoms. The van der Waals surface area contributed by atoms with E-state index >= 15 is 0 Å². The van der Waals surface area contributed by atoms with Crippen LogP contribution in [0.3, 0.4) is 0 Å². The molecule has 1 atom stereocenters. The largest absolute Gasteiger partial charge is 0.198 e. The van der Waals surface area contributed by atoms with Crippen molar-refractivity contribution in [1.82, 2.24) is 0 Å². The third-order valence-electron chi connectivity index (χ3n) is 1.49. The molecule has 0 radical (unpaired) electrons. The van der Waals surface area contributed by atoms with Crippen molar-refractivity contribution in [2.45, 2.75) is 6.42 Å². The Bertz CT molecular complexity index is 291. The summed E-state index contributed by atoms with van der Waals surface area (Å²) in [5, 5.41) is 12.1. The SMILES string of the molecule is N#CC(CBr)Cc1sccc1Cl. The van der Waals surface area contributed by atoms with Crippen LogP contribution in [0.1, 0.15) is 4.88 Å². The van der Waals surface area contributed by atoms with E-state index in [0.29, 0.717) is 5.33 Å². The normalized spacial score (nSPS) is 12.4. The molecule has 0 amide bonds. The molecule has 0 saturated carbocycles. The number of thiophene rings is 1. The molecule has 1 heterocycles. The van der Waals surface area contributed by atoms with Gasteiger partial charge in [-0.1, -0.05) is 27.5 Å². The van der Waals surface area contributed by atoms with Crippen LogP contribution < -0.4 is 0 Å². The van der Waals surface area contributed by atoms with Crippen LogP contribution in [0.2, 0.25) is 5.02 Å². The van der Waals surface area contributed by atoms with Gasteiger partial charge < -0.3 is 0 Å². The number of alkyl halides is 1. The summed E-state index contributed by atoms with van der Waals surface area (Å²) in [6, 6.07) is 4.08. The van der Waals surface area contributed by atoms with E-state index in [4.69, 9.17) is 16.9 Å². The van der Waals surface area contributed by atoms with Gasteiger partial charge in [0, 0.05) is 10.2 Å². The van der Waals surface area contributed by atoms with Crippen molar-refractivity contribution >= 4 is 38.9 Å². The first-order valence-corrected chi connectivity index (χ1v) is 5.83. The summed E-state index contributed by atoms with van der Waals surface area (Å²) in [6.07, 6.45) is 0.748. The zero-order valence-electron chi connectivity index (χ0n) is 6.26. The second-order valence-corrected chi connectivity index (χ2v) is 4.43. The maximum absolute atomic E-state index is 8.70. The van der Waals surface area contributed by atoms with Gasteiger partial charge in [0.1, 0.15) is 0 Å². The van der Waals surface area contributed by atoms with E-state index in [-0.39, 0.29) is 5.92 Å². The van der Waals surface area contributed by atoms with E-state index in [1.54, 1.807) is 11.3 Å². The second-order valence-electron chi connectivity index (χ2n) is 2.38. The first-order chi connectivity index (χ1) is 5.77. The van der Waals surface area contributed by atoms with Crippen molar-refractivity contribution in [3.63, 3.8) is 0 Å². The van der Waals surface area contributed by atoms with Crippen molar-refractivity contribution in [1.29, 1.82) is 5.26 Å². The summed E-state index contributed by atoms with van der Waals surface area (Å²) in [4.78, 5) is 1.10. The van der Waals surface area contributed by atoms with Crippen LogP contribution in [0.25, 0.3) is 0 Å². The molecule has 1 unspecified atom stereocenters. The zero-order chi connectivity index (χ0) is 8.97. The lowest BCUT2D eigenvalue weighted by Crippen LogP contribution is -2.01. The van der Waals surface area contributed by atoms with Gasteiger partial charge in [-0.3, -0.25) is 0 Å². The molecular weight excluding hydrogens is 258 g/mol. The minimum Gasteiger partial charge on any atom is -0.198 e. The van der Waals surface area contributed by atoms with Gasteiger partial charge in [0.05, 0.1) is 17.0 Å². The van der Waals surface area contributed by atoms with E-state index in [1.807, 2.05) is 11.4 Å². The molecule has 0 aromatic carbocycles. The molecule has 0 aliphatic heterocycles. The smallest absolute Gasteiger partial charge is 0.0668 e. The Kier molecular flexibility index (Phi) is 4.07. The van der Waals surface area contributed by atoms with Crippen molar-refractivity contribution in [2.24, 2.45) is 5.92 Å². The van der Waals surface area contributed by atoms with Gasteiger partial charge in [0.2, 0.25) is 0 Å². The first-order valence-electron chi connectivity index (χ1n) is 3.45. The Morgan fingerprint density at radius 3 is 2.92 bits per heavy atom. The number of rotatable bonds is 3. The number of hydrogen-bond acceptors (Lipinski definition) is 2. The Morgan fingerprint density at radius 1 is 1.75 bits per heavy atom. The van der Waals surface area contributed by atoms with Gasteiger partial charge in [0.15, 0.2) is 0 Å². The van der Waals surface area contributed by atoms with Crippen molar-refractivity contribution in [3.8, 4) is 6.07 Å². The molecule has 0 bridgehead atoms. The van der Waals surface area contributed by atoms with Crippen LogP contribution in [-0.4, -0.2) is 5.33 Å². The molecular formula is C8H7BrClNS. The monoisotopic (exact) mass is 263 g/mol. The summed E-state index contributed by atoms with van der Waals surface area (Å²) in [6.45, 7) is 0. The van der Waals surface area contributed by atoms with Crippen molar-refractivity contribution < 1.29 is 0 Å². The Labute approximate surface area is 89.1 Å². The van der Waals surface area contributed by atoms with Crippen molar-refractivity contribution in [2.75, 3.05) is 5.33 Å². The average Bonchev–Trinajstić information content (AvgIpc) is 2.47. The molecule has 12 heavy (non-hydrogen) atoms. The van der Waals surface area contributed by atoms with E-state index in [2.05, 4.69) is 22.0 Å². The summed E-state index contributed by atoms with van der Waals surface area (Å²) >= 11 is 10.8. The standard InChI is InChI=1S/C8H7BrClNS/c9-4-6(5-11)3-8-7(10)1-2-12-8/h1-2,6H,3-4H2. The van der Waals surface area contributed by atoms with Gasteiger partial charge in [-0.05, 0) is 17.9 Å². The van der Waals surface area contributed by atoms with E-state index in [1.165, 1.54) is 0 Å². The lowest BCUT2D eigenvalue weighted by atomic mass is 10.1. The molecule has 4 heteroatoms. The highest BCUT2D eigenvalue weighted by atomic mass is 79.9. The van der Waals surface area contributed by atoms with Crippen LogP contribution in [-0.2, 0) is 6.42 Å². The quantitative estimate of drug-likeness (QED) is 0.767. The van der Waals surface area contributed by atoms with Crippen LogP contribution in [0.5, 0.6) is 0 Å². The minimum atomic E-state index is 0.0288. The number of nitriles is 1. The first kappa shape index (κ1) is 10.0. The van der Waals surface area contributed by atoms with E-state index < -0.39 is 0 Å². The highest BCUT2D eigenvalue weighted by molar-refractivity contribution is 9.09. The van der Waals surface area contributed by atoms with Gasteiger partial charge >= 0.3 is 0 Å². The lowest BCUT2D eigenvalue weighted by Gasteiger charge is -2.01. The molecule has 0 aliphatic rings. The molecule has 0 saturated heterocycles. The number of hydrogen-bond donors (Lipinski definition) is 0. The van der Waals surface area contributed by atoms with Gasteiger partial charge in [0.25, 0.3) is 0 Å². The van der Waals surface area contributed by atoms with Gasteiger partial charge in [-0.15, -0.1) is 11.3 Å². The third kappa shape index (κ3) is 2.48. The number of halogens is 2. The number of nitrogens with zero attached hydrogens (tertiary/aromatic N) is 1. The van der Waals surface area contributed by atoms with E-state index in [9.17, 15) is 0 Å². The predicted octanol–water partition coefficient (Wildman–Crippen LogP) is 3.48. The molecule has 0 fully saturated rings. The highest BCUT2D eigenvalue weighted by Crippen LogP contribution is 2.25. The summed E-state index contributed by atoms with van der Waals surface area (Å²) < 4.78 is 0. The third-order valence-corrected chi connectivity index (χ3v) is 3.68. The lowest BCUT2D eigenvalue weighted by molar-refractivity contribution is 0.766. The molecule has 1 rings (SSSR count). The average molecular weight is 265 g/mol. The maximum atomic E-state index is 8.70. The Morgan fingerprint density at radius 2 is 2.50 bits per heavy atom. The highest BCUT2D eigenvalue weighted by Gasteiger charge is 2.10. The Hall–Kier alpha value is -0.0400. The van der Waals surface area contributed by atoms with E-state index in [0.717, 1.165) is 16.3 Å². The van der Waals surface area contributed by atoms with Crippen LogP contribution in [0, 0.1) is 17.2 Å². The van der Waals surface area contributed by atoms with Crippen LogP contribution in [0.4, 0.5) is 0 Å². The fraction of sp³-hybridized carbons (Fsp3) is 0.375. The molecule has 1 aromatic heterocycles. The summed E-state index contributed by atoms with van der Waals surface area (Å²) in [5.74, 6) is 0.0288. The van der Waals surface area contributed by atoms with Crippen LogP contribution in [0.15, 0.2) is 11.4 Å². The minimum absolute atomic E-state index is 0.0288. The second kappa shape index (κ2) is 4.86. The predicted molar refractivity (Wildman–Crippen MR) is 55.9 cm³/mol. The molecule has 0 N–H and O–H groups in total. The molecule has 64 valence electrons. The fourth-order valence-electron chi connectivity index (χ4n) is 0.829. The summed E-state index contributed by atoms with van der Waals surface area (Å²) in [5.41, 5.74) is 0.